The third-order valence-electron chi connectivity index (χ3n) is 3.29. The van der Waals surface area contributed by atoms with Crippen molar-refractivity contribution in [2.24, 2.45) is 5.73 Å². The Morgan fingerprint density at radius 1 is 1.55 bits per heavy atom. The van der Waals surface area contributed by atoms with Crippen LogP contribution in [-0.4, -0.2) is 27.9 Å². The van der Waals surface area contributed by atoms with Crippen molar-refractivity contribution >= 4 is 23.2 Å². The number of nitrogens with two attached hydrogens (primary N) is 1. The maximum absolute atomic E-state index is 12.0. The SMILES string of the molecule is CCC(N)(CC)CNC(=O)c1cc([N+](=O)[O-])cnc1Cl. The van der Waals surface area contributed by atoms with Crippen LogP contribution in [0.2, 0.25) is 5.15 Å². The fraction of sp³-hybridized carbons (Fsp3) is 0.500. The molecule has 0 fully saturated rings. The minimum absolute atomic E-state index is 0.0320. The predicted octanol–water partition coefficient (Wildman–Crippen LogP) is 1.89. The Labute approximate surface area is 121 Å². The molecule has 0 aromatic carbocycles. The van der Waals surface area contributed by atoms with Crippen LogP contribution in [0.4, 0.5) is 5.69 Å². The molecule has 0 aliphatic heterocycles. The number of halogens is 1. The quantitative estimate of drug-likeness (QED) is 0.473. The maximum atomic E-state index is 12.0. The average molecular weight is 301 g/mol. The summed E-state index contributed by atoms with van der Waals surface area (Å²) < 4.78 is 0. The summed E-state index contributed by atoms with van der Waals surface area (Å²) in [6.45, 7) is 4.12. The highest BCUT2D eigenvalue weighted by Crippen LogP contribution is 2.19. The lowest BCUT2D eigenvalue weighted by molar-refractivity contribution is -0.385. The molecule has 1 amide bonds. The van der Waals surface area contributed by atoms with Crippen LogP contribution in [0.1, 0.15) is 37.0 Å². The zero-order valence-electron chi connectivity index (χ0n) is 11.4. The van der Waals surface area contributed by atoms with E-state index in [9.17, 15) is 14.9 Å². The largest absolute Gasteiger partial charge is 0.350 e. The first-order valence-corrected chi connectivity index (χ1v) is 6.57. The van der Waals surface area contributed by atoms with Gasteiger partial charge in [0.2, 0.25) is 0 Å². The molecule has 0 bridgehead atoms. The van der Waals surface area contributed by atoms with Gasteiger partial charge in [-0.15, -0.1) is 0 Å². The first kappa shape index (κ1) is 16.3. The summed E-state index contributed by atoms with van der Waals surface area (Å²) in [6.07, 6.45) is 2.40. The van der Waals surface area contributed by atoms with Crippen LogP contribution < -0.4 is 11.1 Å². The summed E-state index contributed by atoms with van der Waals surface area (Å²) in [4.78, 5) is 25.7. The van der Waals surface area contributed by atoms with Gasteiger partial charge in [0.1, 0.15) is 11.3 Å². The molecule has 8 heteroatoms. The van der Waals surface area contributed by atoms with Crippen LogP contribution in [0.5, 0.6) is 0 Å². The lowest BCUT2D eigenvalue weighted by Gasteiger charge is -2.26. The molecule has 1 aromatic heterocycles. The standard InChI is InChI=1S/C12H17ClN4O3/c1-3-12(14,4-2)7-16-11(18)9-5-8(17(19)20)6-15-10(9)13/h5-6H,3-4,7,14H2,1-2H3,(H,16,18). The number of hydrogen-bond acceptors (Lipinski definition) is 5. The summed E-state index contributed by atoms with van der Waals surface area (Å²) in [5.74, 6) is -0.525. The molecule has 0 unspecified atom stereocenters. The smallest absolute Gasteiger partial charge is 0.288 e. The van der Waals surface area contributed by atoms with Crippen molar-refractivity contribution in [2.75, 3.05) is 6.54 Å². The number of nitro groups is 1. The van der Waals surface area contributed by atoms with Gasteiger partial charge in [0.05, 0.1) is 10.5 Å². The number of rotatable bonds is 6. The van der Waals surface area contributed by atoms with Crippen molar-refractivity contribution in [1.82, 2.24) is 10.3 Å². The monoisotopic (exact) mass is 300 g/mol. The molecule has 110 valence electrons. The van der Waals surface area contributed by atoms with Crippen LogP contribution >= 0.6 is 11.6 Å². The van der Waals surface area contributed by atoms with Gasteiger partial charge in [0, 0.05) is 18.2 Å². The van der Waals surface area contributed by atoms with Crippen molar-refractivity contribution in [3.05, 3.63) is 33.1 Å². The van der Waals surface area contributed by atoms with Crippen molar-refractivity contribution in [3.8, 4) is 0 Å². The van der Waals surface area contributed by atoms with Gasteiger partial charge in [0.25, 0.3) is 11.6 Å². The number of nitrogens with zero attached hydrogens (tertiary/aromatic N) is 2. The molecular weight excluding hydrogens is 284 g/mol. The third kappa shape index (κ3) is 3.88. The maximum Gasteiger partial charge on any atom is 0.288 e. The van der Waals surface area contributed by atoms with Crippen molar-refractivity contribution in [3.63, 3.8) is 0 Å². The van der Waals surface area contributed by atoms with E-state index in [2.05, 4.69) is 10.3 Å². The van der Waals surface area contributed by atoms with E-state index in [1.165, 1.54) is 0 Å². The third-order valence-corrected chi connectivity index (χ3v) is 3.59. The molecule has 1 heterocycles. The van der Waals surface area contributed by atoms with Crippen molar-refractivity contribution in [2.45, 2.75) is 32.2 Å². The van der Waals surface area contributed by atoms with Crippen LogP contribution in [-0.2, 0) is 0 Å². The fourth-order valence-corrected chi connectivity index (χ4v) is 1.74. The summed E-state index contributed by atoms with van der Waals surface area (Å²) in [5, 5.41) is 13.2. The normalized spacial score (nSPS) is 11.2. The lowest BCUT2D eigenvalue weighted by Crippen LogP contribution is -2.49. The first-order chi connectivity index (χ1) is 9.33. The Hall–Kier alpha value is -1.73. The molecule has 3 N–H and O–H groups in total. The molecule has 1 aromatic rings. The van der Waals surface area contributed by atoms with Crippen molar-refractivity contribution in [1.29, 1.82) is 0 Å². The van der Waals surface area contributed by atoms with E-state index in [0.717, 1.165) is 12.3 Å². The highest BCUT2D eigenvalue weighted by molar-refractivity contribution is 6.32. The van der Waals surface area contributed by atoms with Gasteiger partial charge in [-0.3, -0.25) is 14.9 Å². The second-order valence-corrected chi connectivity index (χ2v) is 4.90. The number of nitrogens with one attached hydrogen (secondary N) is 1. The second-order valence-electron chi connectivity index (χ2n) is 4.54. The summed E-state index contributed by atoms with van der Waals surface area (Å²) >= 11 is 5.79. The Morgan fingerprint density at radius 2 is 2.15 bits per heavy atom. The minimum Gasteiger partial charge on any atom is -0.350 e. The van der Waals surface area contributed by atoms with Gasteiger partial charge < -0.3 is 11.1 Å². The Kier molecular flexibility index (Phi) is 5.41. The topological polar surface area (TPSA) is 111 Å². The number of hydrogen-bond donors (Lipinski definition) is 2. The Bertz CT molecular complexity index is 517. The molecule has 0 spiro atoms. The van der Waals surface area contributed by atoms with E-state index >= 15 is 0 Å². The predicted molar refractivity (Wildman–Crippen MR) is 75.7 cm³/mol. The van der Waals surface area contributed by atoms with Gasteiger partial charge in [-0.05, 0) is 12.8 Å². The molecule has 0 radical (unpaired) electrons. The van der Waals surface area contributed by atoms with Gasteiger partial charge >= 0.3 is 0 Å². The van der Waals surface area contributed by atoms with E-state index in [0.29, 0.717) is 12.8 Å². The van der Waals surface area contributed by atoms with Crippen molar-refractivity contribution < 1.29 is 9.72 Å². The average Bonchev–Trinajstić information content (AvgIpc) is 2.44. The zero-order chi connectivity index (χ0) is 15.3. The van der Waals surface area contributed by atoms with Gasteiger partial charge in [-0.2, -0.15) is 0 Å². The Morgan fingerprint density at radius 3 is 2.65 bits per heavy atom. The van der Waals surface area contributed by atoms with Crippen LogP contribution in [0.25, 0.3) is 0 Å². The highest BCUT2D eigenvalue weighted by atomic mass is 35.5. The summed E-state index contributed by atoms with van der Waals surface area (Å²) in [7, 11) is 0. The molecule has 20 heavy (non-hydrogen) atoms. The molecule has 0 saturated heterocycles. The summed E-state index contributed by atoms with van der Waals surface area (Å²) in [5.41, 5.74) is 5.24. The van der Waals surface area contributed by atoms with E-state index in [1.54, 1.807) is 0 Å². The zero-order valence-corrected chi connectivity index (χ0v) is 12.1. The molecule has 1 rings (SSSR count). The number of pyridine rings is 1. The van der Waals surface area contributed by atoms with E-state index in [-0.39, 0.29) is 22.9 Å². The van der Waals surface area contributed by atoms with Gasteiger partial charge in [0.15, 0.2) is 0 Å². The Balaban J connectivity index is 2.87. The van der Waals surface area contributed by atoms with Crippen LogP contribution in [0.15, 0.2) is 12.3 Å². The van der Waals surface area contributed by atoms with E-state index in [4.69, 9.17) is 17.3 Å². The molecular formula is C12H17ClN4O3. The number of aromatic nitrogens is 1. The molecule has 0 aliphatic carbocycles. The van der Waals surface area contributed by atoms with Gasteiger partial charge in [-0.25, -0.2) is 4.98 Å². The van der Waals surface area contributed by atoms with E-state index in [1.807, 2.05) is 13.8 Å². The number of carbonyl (C=O) groups excluding carboxylic acids is 1. The molecule has 0 saturated carbocycles. The van der Waals surface area contributed by atoms with E-state index < -0.39 is 16.4 Å². The number of carbonyl (C=O) groups is 1. The second kappa shape index (κ2) is 6.62. The highest BCUT2D eigenvalue weighted by Gasteiger charge is 2.23. The molecule has 7 nitrogen and oxygen atoms in total. The fourth-order valence-electron chi connectivity index (χ4n) is 1.55. The lowest BCUT2D eigenvalue weighted by atomic mass is 9.94. The van der Waals surface area contributed by atoms with Crippen LogP contribution in [0, 0.1) is 10.1 Å². The first-order valence-electron chi connectivity index (χ1n) is 6.20. The number of amides is 1. The summed E-state index contributed by atoms with van der Waals surface area (Å²) in [6, 6.07) is 1.10. The minimum atomic E-state index is -0.634. The van der Waals surface area contributed by atoms with Gasteiger partial charge in [-0.1, -0.05) is 25.4 Å². The molecule has 0 aliphatic rings. The molecule has 0 atom stereocenters. The van der Waals surface area contributed by atoms with Crippen LogP contribution in [0.3, 0.4) is 0 Å².